The summed E-state index contributed by atoms with van der Waals surface area (Å²) < 4.78 is 24.3. The van der Waals surface area contributed by atoms with Gasteiger partial charge in [0.05, 0.1) is 24.9 Å². The Balaban J connectivity index is 2.89. The first kappa shape index (κ1) is 23.1. The second kappa shape index (κ2) is 11.7. The van der Waals surface area contributed by atoms with E-state index in [1.165, 1.54) is 0 Å². The van der Waals surface area contributed by atoms with Gasteiger partial charge in [0.15, 0.2) is 0 Å². The van der Waals surface area contributed by atoms with Gasteiger partial charge in [-0.15, -0.1) is 0 Å². The lowest BCUT2D eigenvalue weighted by Gasteiger charge is -2.40. The van der Waals surface area contributed by atoms with Gasteiger partial charge in [0.25, 0.3) is 0 Å². The number of ether oxygens (including phenoxy) is 2. The predicted octanol–water partition coefficient (Wildman–Crippen LogP) is 3.42. The first-order valence-corrected chi connectivity index (χ1v) is 11.6. The van der Waals surface area contributed by atoms with Crippen LogP contribution in [-0.2, 0) is 18.3 Å². The van der Waals surface area contributed by atoms with Gasteiger partial charge in [-0.2, -0.15) is 0 Å². The van der Waals surface area contributed by atoms with E-state index in [0.29, 0.717) is 19.1 Å². The molecule has 1 fully saturated rings. The van der Waals surface area contributed by atoms with Gasteiger partial charge in [-0.3, -0.25) is 0 Å². The Hall–Kier alpha value is 0.0169. The summed E-state index contributed by atoms with van der Waals surface area (Å²) in [6.45, 7) is 15.7. The van der Waals surface area contributed by atoms with Gasteiger partial charge < -0.3 is 23.4 Å². The van der Waals surface area contributed by atoms with Crippen LogP contribution in [0.5, 0.6) is 0 Å². The fraction of sp³-hybridized carbons (Fsp3) is 1.00. The zero-order chi connectivity index (χ0) is 19.0. The van der Waals surface area contributed by atoms with Crippen molar-refractivity contribution in [2.24, 2.45) is 5.92 Å². The molecule has 0 aliphatic heterocycles. The molecular weight excluding hydrogens is 336 g/mol. The molecule has 0 amide bonds. The Kier molecular flexibility index (Phi) is 10.8. The fourth-order valence-corrected chi connectivity index (χ4v) is 6.12. The third kappa shape index (κ3) is 8.50. The maximum Gasteiger partial charge on any atom is 0.327 e. The minimum absolute atomic E-state index is 0.101. The highest BCUT2D eigenvalue weighted by molar-refractivity contribution is 6.46. The average Bonchev–Trinajstić information content (AvgIpc) is 2.48. The molecule has 4 atom stereocenters. The molecule has 25 heavy (non-hydrogen) atoms. The van der Waals surface area contributed by atoms with Crippen molar-refractivity contribution in [3.8, 4) is 0 Å². The molecule has 150 valence electrons. The molecule has 0 spiro atoms. The zero-order valence-electron chi connectivity index (χ0n) is 17.2. The van der Waals surface area contributed by atoms with E-state index in [0.717, 1.165) is 19.3 Å². The Morgan fingerprint density at radius 2 is 1.56 bits per heavy atom. The van der Waals surface area contributed by atoms with Crippen molar-refractivity contribution in [2.45, 2.75) is 104 Å². The number of rotatable bonds is 11. The van der Waals surface area contributed by atoms with E-state index >= 15 is 0 Å². The quantitative estimate of drug-likeness (QED) is 0.560. The highest BCUT2D eigenvalue weighted by atomic mass is 28.3. The topological polar surface area (TPSA) is 57.2 Å². The Morgan fingerprint density at radius 3 is 2.04 bits per heavy atom. The Labute approximate surface area is 156 Å². The molecule has 4 unspecified atom stereocenters. The number of hydrogen-bond donors (Lipinski definition) is 1. The van der Waals surface area contributed by atoms with E-state index < -0.39 is 9.28 Å². The number of aliphatic hydroxyl groups excluding tert-OH is 1. The first-order chi connectivity index (χ1) is 11.7. The van der Waals surface area contributed by atoms with Crippen molar-refractivity contribution < 1.29 is 23.4 Å². The summed E-state index contributed by atoms with van der Waals surface area (Å²) in [5, 5.41) is 10.3. The smallest absolute Gasteiger partial charge is 0.327 e. The molecule has 1 rings (SSSR count). The number of aliphatic hydroxyl groups is 1. The molecule has 0 bridgehead atoms. The van der Waals surface area contributed by atoms with Gasteiger partial charge >= 0.3 is 9.28 Å². The SMILES string of the molecule is CCOCC(C1CCC(O)C(OC(C)C)C1)[SiH](OC(C)C)OC(C)C. The highest BCUT2D eigenvalue weighted by Gasteiger charge is 2.40. The maximum atomic E-state index is 10.3. The molecule has 5 nitrogen and oxygen atoms in total. The molecule has 0 radical (unpaired) electrons. The molecule has 1 aliphatic carbocycles. The summed E-state index contributed by atoms with van der Waals surface area (Å²) in [6.07, 6.45) is 2.55. The first-order valence-electron chi connectivity index (χ1n) is 9.96. The van der Waals surface area contributed by atoms with E-state index in [4.69, 9.17) is 18.3 Å². The number of hydrogen-bond acceptors (Lipinski definition) is 5. The normalized spacial score (nSPS) is 26.2. The van der Waals surface area contributed by atoms with Crippen molar-refractivity contribution in [1.29, 1.82) is 0 Å². The zero-order valence-corrected chi connectivity index (χ0v) is 18.4. The molecular formula is C19H40O5Si. The predicted molar refractivity (Wildman–Crippen MR) is 103 cm³/mol. The van der Waals surface area contributed by atoms with Crippen LogP contribution in [0.1, 0.15) is 67.7 Å². The van der Waals surface area contributed by atoms with Crippen LogP contribution >= 0.6 is 0 Å². The summed E-state index contributed by atoms with van der Waals surface area (Å²) in [5.41, 5.74) is 0.274. The molecule has 0 aromatic heterocycles. The van der Waals surface area contributed by atoms with Crippen LogP contribution in [0.4, 0.5) is 0 Å². The third-order valence-electron chi connectivity index (χ3n) is 4.53. The van der Waals surface area contributed by atoms with Crippen LogP contribution in [0.2, 0.25) is 5.54 Å². The molecule has 1 saturated carbocycles. The van der Waals surface area contributed by atoms with Gasteiger partial charge in [0.2, 0.25) is 0 Å². The molecule has 1 aliphatic rings. The molecule has 1 N–H and O–H groups in total. The molecule has 0 saturated heterocycles. The maximum absolute atomic E-state index is 10.3. The second-order valence-corrected chi connectivity index (χ2v) is 10.1. The van der Waals surface area contributed by atoms with Crippen molar-refractivity contribution in [2.75, 3.05) is 13.2 Å². The van der Waals surface area contributed by atoms with Gasteiger partial charge in [0.1, 0.15) is 0 Å². The van der Waals surface area contributed by atoms with Crippen molar-refractivity contribution in [3.05, 3.63) is 0 Å². The second-order valence-electron chi connectivity index (χ2n) is 7.93. The lowest BCUT2D eigenvalue weighted by Crippen LogP contribution is -2.44. The van der Waals surface area contributed by atoms with E-state index in [9.17, 15) is 5.11 Å². The van der Waals surface area contributed by atoms with Crippen molar-refractivity contribution >= 4 is 9.28 Å². The van der Waals surface area contributed by atoms with Crippen LogP contribution in [0.15, 0.2) is 0 Å². The summed E-state index contributed by atoms with van der Waals surface area (Å²) in [5.74, 6) is 0.410. The van der Waals surface area contributed by atoms with E-state index in [-0.39, 0.29) is 36.1 Å². The summed E-state index contributed by atoms with van der Waals surface area (Å²) in [6, 6.07) is 0. The van der Waals surface area contributed by atoms with Crippen molar-refractivity contribution in [3.63, 3.8) is 0 Å². The van der Waals surface area contributed by atoms with Gasteiger partial charge in [-0.1, -0.05) is 0 Å². The fourth-order valence-electron chi connectivity index (χ4n) is 3.49. The van der Waals surface area contributed by atoms with Crippen LogP contribution in [-0.4, -0.2) is 58.1 Å². The Morgan fingerprint density at radius 1 is 0.960 bits per heavy atom. The van der Waals surface area contributed by atoms with Crippen LogP contribution < -0.4 is 0 Å². The third-order valence-corrected chi connectivity index (χ3v) is 7.59. The van der Waals surface area contributed by atoms with Crippen LogP contribution in [0.25, 0.3) is 0 Å². The molecule has 0 aromatic rings. The van der Waals surface area contributed by atoms with Crippen LogP contribution in [0, 0.1) is 5.92 Å². The van der Waals surface area contributed by atoms with Gasteiger partial charge in [-0.05, 0) is 73.6 Å². The summed E-state index contributed by atoms with van der Waals surface area (Å²) in [4.78, 5) is 0. The minimum atomic E-state index is -1.91. The minimum Gasteiger partial charge on any atom is -0.394 e. The van der Waals surface area contributed by atoms with Gasteiger partial charge in [-0.25, -0.2) is 0 Å². The van der Waals surface area contributed by atoms with E-state index in [1.807, 2.05) is 20.8 Å². The largest absolute Gasteiger partial charge is 0.394 e. The Bertz CT molecular complexity index is 341. The van der Waals surface area contributed by atoms with E-state index in [2.05, 4.69) is 27.7 Å². The summed E-state index contributed by atoms with van der Waals surface area (Å²) in [7, 11) is -1.91. The van der Waals surface area contributed by atoms with Crippen LogP contribution in [0.3, 0.4) is 0 Å². The summed E-state index contributed by atoms with van der Waals surface area (Å²) >= 11 is 0. The van der Waals surface area contributed by atoms with Gasteiger partial charge in [0, 0.05) is 24.4 Å². The van der Waals surface area contributed by atoms with Crippen molar-refractivity contribution in [1.82, 2.24) is 0 Å². The molecule has 0 aromatic carbocycles. The van der Waals surface area contributed by atoms with E-state index in [1.54, 1.807) is 0 Å². The monoisotopic (exact) mass is 376 g/mol. The lowest BCUT2D eigenvalue weighted by molar-refractivity contribution is -0.0973. The average molecular weight is 377 g/mol. The molecule has 0 heterocycles. The highest BCUT2D eigenvalue weighted by Crippen LogP contribution is 2.38. The lowest BCUT2D eigenvalue weighted by atomic mass is 9.83. The standard InChI is InChI=1S/C19H40O5Si/c1-8-21-12-19(25(23-14(4)5)24-15(6)7)16-9-10-17(20)18(11-16)22-13(2)3/h13-20,25H,8-12H2,1-7H3. The molecule has 6 heteroatoms.